The maximum absolute atomic E-state index is 2.58. The average Bonchev–Trinajstić information content (AvgIpc) is 3.21. The molecule has 0 bridgehead atoms. The number of anilines is 6. The summed E-state index contributed by atoms with van der Waals surface area (Å²) in [4.78, 5) is 5.12. The molecule has 2 heterocycles. The Hall–Kier alpha value is -5.80. The second kappa shape index (κ2) is 12.5. The lowest BCUT2D eigenvalue weighted by Crippen LogP contribution is -2.61. The van der Waals surface area contributed by atoms with Gasteiger partial charge in [0.2, 0.25) is 0 Å². The number of nitrogens with zero attached hydrogens (tertiary/aromatic N) is 2. The largest absolute Gasteiger partial charge is 0.311 e. The first-order chi connectivity index (χ1) is 25.3. The molecule has 1 aliphatic carbocycles. The van der Waals surface area contributed by atoms with E-state index in [1.165, 1.54) is 110 Å². The summed E-state index contributed by atoms with van der Waals surface area (Å²) in [5.74, 6) is 0.563. The molecule has 1 fully saturated rings. The molecule has 0 unspecified atom stereocenters. The Morgan fingerprint density at radius 2 is 0.941 bits per heavy atom. The van der Waals surface area contributed by atoms with Crippen molar-refractivity contribution in [3.05, 3.63) is 175 Å². The van der Waals surface area contributed by atoms with Crippen molar-refractivity contribution in [3.8, 4) is 22.3 Å². The second-order valence-corrected chi connectivity index (χ2v) is 14.4. The summed E-state index contributed by atoms with van der Waals surface area (Å²) in [6.45, 7) is 0.0961. The molecule has 0 saturated heterocycles. The molecule has 3 aliphatic rings. The molecule has 2 aliphatic heterocycles. The van der Waals surface area contributed by atoms with Crippen molar-refractivity contribution in [1.29, 1.82) is 0 Å². The van der Waals surface area contributed by atoms with Gasteiger partial charge in [0.25, 0.3) is 6.71 Å². The Labute approximate surface area is 301 Å². The lowest BCUT2D eigenvalue weighted by Gasteiger charge is -2.45. The van der Waals surface area contributed by atoms with Gasteiger partial charge in [-0.2, -0.15) is 0 Å². The molecular weight excluding hydrogens is 615 g/mol. The average molecular weight is 655 g/mol. The molecule has 0 amide bonds. The number of benzene rings is 7. The van der Waals surface area contributed by atoms with E-state index in [9.17, 15) is 0 Å². The third kappa shape index (κ3) is 5.10. The van der Waals surface area contributed by atoms with E-state index in [-0.39, 0.29) is 6.71 Å². The van der Waals surface area contributed by atoms with Crippen LogP contribution in [0.4, 0.5) is 34.1 Å². The van der Waals surface area contributed by atoms with Crippen LogP contribution in [0.25, 0.3) is 22.3 Å². The summed E-state index contributed by atoms with van der Waals surface area (Å²) < 4.78 is 0. The molecule has 0 aromatic heterocycles. The summed E-state index contributed by atoms with van der Waals surface area (Å²) in [5, 5.41) is 0. The fourth-order valence-corrected chi connectivity index (χ4v) is 9.04. The highest BCUT2D eigenvalue weighted by atomic mass is 15.2. The summed E-state index contributed by atoms with van der Waals surface area (Å²) in [7, 11) is 0. The van der Waals surface area contributed by atoms with E-state index in [1.807, 2.05) is 0 Å². The normalized spacial score (nSPS) is 14.9. The van der Waals surface area contributed by atoms with E-state index in [1.54, 1.807) is 0 Å². The number of fused-ring (bicyclic) bond motifs is 4. The SMILES string of the molecule is c1ccc(-c2cccc(N3c4ccc(-c5ccccc5)cc4B4c5ccccc5N(c5ccccc5)c5cc(C6CCCCC6)cc3c54)c2)cc1. The van der Waals surface area contributed by atoms with E-state index >= 15 is 0 Å². The second-order valence-electron chi connectivity index (χ2n) is 14.4. The summed E-state index contributed by atoms with van der Waals surface area (Å²) in [6, 6.07) is 63.2. The molecule has 244 valence electrons. The number of hydrogen-bond acceptors (Lipinski definition) is 2. The highest BCUT2D eigenvalue weighted by Gasteiger charge is 2.44. The van der Waals surface area contributed by atoms with Crippen molar-refractivity contribution < 1.29 is 0 Å². The molecule has 2 nitrogen and oxygen atoms in total. The Morgan fingerprint density at radius 1 is 0.392 bits per heavy atom. The molecule has 0 N–H and O–H groups in total. The summed E-state index contributed by atoms with van der Waals surface area (Å²) in [5.41, 5.74) is 18.0. The lowest BCUT2D eigenvalue weighted by molar-refractivity contribution is 0.444. The summed E-state index contributed by atoms with van der Waals surface area (Å²) in [6.07, 6.45) is 6.46. The van der Waals surface area contributed by atoms with Crippen LogP contribution in [0.2, 0.25) is 0 Å². The number of para-hydroxylation sites is 2. The van der Waals surface area contributed by atoms with Crippen molar-refractivity contribution in [2.75, 3.05) is 9.80 Å². The zero-order valence-electron chi connectivity index (χ0n) is 28.8. The Kier molecular flexibility index (Phi) is 7.38. The van der Waals surface area contributed by atoms with Gasteiger partial charge in [-0.15, -0.1) is 0 Å². The van der Waals surface area contributed by atoms with Gasteiger partial charge in [0.05, 0.1) is 0 Å². The molecule has 1 saturated carbocycles. The van der Waals surface area contributed by atoms with E-state index in [0.29, 0.717) is 5.92 Å². The van der Waals surface area contributed by atoms with E-state index in [4.69, 9.17) is 0 Å². The van der Waals surface area contributed by atoms with E-state index < -0.39 is 0 Å². The number of rotatable bonds is 5. The molecule has 7 aromatic carbocycles. The summed E-state index contributed by atoms with van der Waals surface area (Å²) >= 11 is 0. The van der Waals surface area contributed by atoms with Crippen molar-refractivity contribution in [2.24, 2.45) is 0 Å². The predicted molar refractivity (Wildman–Crippen MR) is 217 cm³/mol. The molecule has 3 heteroatoms. The first-order valence-corrected chi connectivity index (χ1v) is 18.6. The van der Waals surface area contributed by atoms with Crippen LogP contribution in [0, 0.1) is 0 Å². The molecule has 0 radical (unpaired) electrons. The van der Waals surface area contributed by atoms with Gasteiger partial charge in [-0.05, 0) is 111 Å². The zero-order valence-corrected chi connectivity index (χ0v) is 28.8. The molecular formula is C48H39BN2. The molecule has 51 heavy (non-hydrogen) atoms. The molecule has 0 atom stereocenters. The van der Waals surface area contributed by atoms with Gasteiger partial charge < -0.3 is 9.80 Å². The van der Waals surface area contributed by atoms with Crippen molar-refractivity contribution in [3.63, 3.8) is 0 Å². The van der Waals surface area contributed by atoms with Crippen LogP contribution in [0.15, 0.2) is 170 Å². The molecule has 10 rings (SSSR count). The van der Waals surface area contributed by atoms with Gasteiger partial charge in [0.15, 0.2) is 0 Å². The lowest BCUT2D eigenvalue weighted by atomic mass is 9.33. The van der Waals surface area contributed by atoms with Crippen LogP contribution >= 0.6 is 0 Å². The fraction of sp³-hybridized carbons (Fsp3) is 0.125. The minimum absolute atomic E-state index is 0.0961. The minimum atomic E-state index is 0.0961. The smallest absolute Gasteiger partial charge is 0.252 e. The van der Waals surface area contributed by atoms with E-state index in [2.05, 4.69) is 180 Å². The third-order valence-electron chi connectivity index (χ3n) is 11.4. The zero-order chi connectivity index (χ0) is 33.7. The van der Waals surface area contributed by atoms with Crippen molar-refractivity contribution >= 4 is 57.2 Å². The van der Waals surface area contributed by atoms with Crippen LogP contribution in [0.1, 0.15) is 43.6 Å². The molecule has 7 aromatic rings. The van der Waals surface area contributed by atoms with Gasteiger partial charge in [-0.25, -0.2) is 0 Å². The standard InChI is InChI=1S/C48H39BN2/c1-5-16-34(17-6-1)37-22-15-25-41(30-37)51-45-29-28-38(35-18-7-2-8-19-35)31-43(45)49-42-26-13-14-27-44(42)50(40-23-11-4-12-24-40)46-32-39(33-47(51)48(46)49)36-20-9-3-10-21-36/h1-2,4-8,11-19,22-33,36H,3,9-10,20-21H2. The predicted octanol–water partition coefficient (Wildman–Crippen LogP) is 11.2. The van der Waals surface area contributed by atoms with Crippen LogP contribution in [-0.4, -0.2) is 6.71 Å². The molecule has 0 spiro atoms. The van der Waals surface area contributed by atoms with Gasteiger partial charge in [-0.3, -0.25) is 0 Å². The van der Waals surface area contributed by atoms with Crippen LogP contribution in [0.5, 0.6) is 0 Å². The highest BCUT2D eigenvalue weighted by Crippen LogP contribution is 2.47. The van der Waals surface area contributed by atoms with Gasteiger partial charge in [0, 0.05) is 34.1 Å². The maximum atomic E-state index is 2.58. The van der Waals surface area contributed by atoms with E-state index in [0.717, 1.165) is 0 Å². The topological polar surface area (TPSA) is 6.48 Å². The fourth-order valence-electron chi connectivity index (χ4n) is 9.04. The number of hydrogen-bond donors (Lipinski definition) is 0. The van der Waals surface area contributed by atoms with Gasteiger partial charge in [0.1, 0.15) is 0 Å². The van der Waals surface area contributed by atoms with Gasteiger partial charge >= 0.3 is 0 Å². The third-order valence-corrected chi connectivity index (χ3v) is 11.4. The Morgan fingerprint density at radius 3 is 1.65 bits per heavy atom. The highest BCUT2D eigenvalue weighted by molar-refractivity contribution is 7.00. The van der Waals surface area contributed by atoms with Crippen molar-refractivity contribution in [2.45, 2.75) is 38.0 Å². The Balaban J connectivity index is 1.28. The quantitative estimate of drug-likeness (QED) is 0.170. The van der Waals surface area contributed by atoms with Crippen LogP contribution in [-0.2, 0) is 0 Å². The first kappa shape index (κ1) is 30.1. The van der Waals surface area contributed by atoms with Crippen LogP contribution < -0.4 is 26.2 Å². The van der Waals surface area contributed by atoms with Crippen LogP contribution in [0.3, 0.4) is 0 Å². The maximum Gasteiger partial charge on any atom is 0.252 e. The first-order valence-electron chi connectivity index (χ1n) is 18.6. The van der Waals surface area contributed by atoms with Crippen molar-refractivity contribution in [1.82, 2.24) is 0 Å². The Bertz CT molecular complexity index is 2360. The van der Waals surface area contributed by atoms with Gasteiger partial charge in [-0.1, -0.05) is 141 Å². The monoisotopic (exact) mass is 654 g/mol. The minimum Gasteiger partial charge on any atom is -0.311 e.